The third-order valence-electron chi connectivity index (χ3n) is 3.52. The third-order valence-corrected chi connectivity index (χ3v) is 3.52. The maximum atomic E-state index is 11.8. The summed E-state index contributed by atoms with van der Waals surface area (Å²) in [5.41, 5.74) is 0.623. The molecule has 4 heteroatoms. The van der Waals surface area contributed by atoms with Crippen molar-refractivity contribution >= 4 is 5.91 Å². The molecule has 1 aliphatic rings. The summed E-state index contributed by atoms with van der Waals surface area (Å²) in [6.45, 7) is 2.25. The van der Waals surface area contributed by atoms with Crippen LogP contribution in [0.1, 0.15) is 49.4 Å². The fraction of sp³-hybridized carbons (Fsp3) is 0.667. The number of aromatic amines is 1. The molecule has 0 saturated heterocycles. The zero-order valence-corrected chi connectivity index (χ0v) is 9.70. The van der Waals surface area contributed by atoms with E-state index in [0.29, 0.717) is 11.6 Å². The maximum Gasteiger partial charge on any atom is 0.254 e. The van der Waals surface area contributed by atoms with E-state index in [1.165, 1.54) is 19.3 Å². The highest BCUT2D eigenvalue weighted by molar-refractivity contribution is 5.93. The molecule has 2 N–H and O–H groups in total. The summed E-state index contributed by atoms with van der Waals surface area (Å²) in [4.78, 5) is 11.8. The number of carbonyl (C=O) groups is 1. The van der Waals surface area contributed by atoms with E-state index in [0.717, 1.165) is 18.8 Å². The summed E-state index contributed by atoms with van der Waals surface area (Å²) in [6, 6.07) is 0.352. The molecular formula is C12H19N3O. The van der Waals surface area contributed by atoms with Crippen LogP contribution in [-0.4, -0.2) is 22.1 Å². The van der Waals surface area contributed by atoms with E-state index in [9.17, 15) is 4.79 Å². The predicted octanol–water partition coefficient (Wildman–Crippen LogP) is 2.11. The fourth-order valence-electron chi connectivity index (χ4n) is 2.36. The van der Waals surface area contributed by atoms with Crippen LogP contribution in [0.25, 0.3) is 0 Å². The number of rotatable bonds is 3. The minimum absolute atomic E-state index is 0.00583. The van der Waals surface area contributed by atoms with Crippen LogP contribution >= 0.6 is 0 Å². The van der Waals surface area contributed by atoms with Crippen LogP contribution in [0.4, 0.5) is 0 Å². The lowest BCUT2D eigenvalue weighted by atomic mass is 9.84. The Morgan fingerprint density at radius 3 is 2.81 bits per heavy atom. The topological polar surface area (TPSA) is 57.8 Å². The molecule has 1 aliphatic carbocycles. The Morgan fingerprint density at radius 2 is 2.25 bits per heavy atom. The van der Waals surface area contributed by atoms with Gasteiger partial charge in [0, 0.05) is 12.2 Å². The average Bonchev–Trinajstić information content (AvgIpc) is 2.83. The monoisotopic (exact) mass is 221 g/mol. The summed E-state index contributed by atoms with van der Waals surface area (Å²) in [5.74, 6) is 0.857. The van der Waals surface area contributed by atoms with Crippen molar-refractivity contribution in [2.24, 2.45) is 5.92 Å². The van der Waals surface area contributed by atoms with Crippen LogP contribution in [0, 0.1) is 5.92 Å². The first kappa shape index (κ1) is 11.2. The van der Waals surface area contributed by atoms with Gasteiger partial charge in [0.05, 0.1) is 11.8 Å². The van der Waals surface area contributed by atoms with Crippen LogP contribution in [0.3, 0.4) is 0 Å². The summed E-state index contributed by atoms with van der Waals surface area (Å²) in [6.07, 6.45) is 9.17. The van der Waals surface area contributed by atoms with Crippen molar-refractivity contribution < 1.29 is 4.79 Å². The first-order chi connectivity index (χ1) is 7.79. The van der Waals surface area contributed by atoms with Gasteiger partial charge in [-0.3, -0.25) is 9.89 Å². The highest BCUT2D eigenvalue weighted by Gasteiger charge is 2.21. The van der Waals surface area contributed by atoms with Gasteiger partial charge in [0.1, 0.15) is 0 Å². The number of carbonyl (C=O) groups excluding carboxylic acids is 1. The molecule has 0 bridgehead atoms. The number of hydrogen-bond donors (Lipinski definition) is 2. The molecule has 1 fully saturated rings. The van der Waals surface area contributed by atoms with Gasteiger partial charge >= 0.3 is 0 Å². The molecule has 16 heavy (non-hydrogen) atoms. The number of amides is 1. The SMILES string of the molecule is CCC1CCC(NC(=O)c2cn[nH]c2)CC1. The largest absolute Gasteiger partial charge is 0.349 e. The molecule has 0 unspecified atom stereocenters. The molecule has 4 nitrogen and oxygen atoms in total. The Balaban J connectivity index is 1.81. The van der Waals surface area contributed by atoms with E-state index in [1.807, 2.05) is 0 Å². The van der Waals surface area contributed by atoms with Crippen molar-refractivity contribution in [1.29, 1.82) is 0 Å². The lowest BCUT2D eigenvalue weighted by Crippen LogP contribution is -2.37. The minimum Gasteiger partial charge on any atom is -0.349 e. The molecule has 1 amide bonds. The third kappa shape index (κ3) is 2.62. The van der Waals surface area contributed by atoms with Gasteiger partial charge in [0.15, 0.2) is 0 Å². The van der Waals surface area contributed by atoms with E-state index in [-0.39, 0.29) is 5.91 Å². The van der Waals surface area contributed by atoms with Crippen molar-refractivity contribution in [2.45, 2.75) is 45.1 Å². The molecule has 0 atom stereocenters. The first-order valence-corrected chi connectivity index (χ1v) is 6.09. The molecular weight excluding hydrogens is 202 g/mol. The Morgan fingerprint density at radius 1 is 1.50 bits per heavy atom. The lowest BCUT2D eigenvalue weighted by Gasteiger charge is -2.28. The molecule has 1 aromatic rings. The zero-order chi connectivity index (χ0) is 11.4. The molecule has 0 aliphatic heterocycles. The van der Waals surface area contributed by atoms with Gasteiger partial charge in [0.2, 0.25) is 0 Å². The molecule has 1 aromatic heterocycles. The van der Waals surface area contributed by atoms with Crippen LogP contribution in [0.15, 0.2) is 12.4 Å². The Bertz CT molecular complexity index is 326. The van der Waals surface area contributed by atoms with Crippen LogP contribution in [0.5, 0.6) is 0 Å². The van der Waals surface area contributed by atoms with Crippen LogP contribution in [0.2, 0.25) is 0 Å². The van der Waals surface area contributed by atoms with Crippen LogP contribution in [-0.2, 0) is 0 Å². The van der Waals surface area contributed by atoms with E-state index in [4.69, 9.17) is 0 Å². The first-order valence-electron chi connectivity index (χ1n) is 6.09. The lowest BCUT2D eigenvalue weighted by molar-refractivity contribution is 0.0921. The van der Waals surface area contributed by atoms with Gasteiger partial charge in [-0.1, -0.05) is 13.3 Å². The molecule has 0 aromatic carbocycles. The smallest absolute Gasteiger partial charge is 0.254 e. The minimum atomic E-state index is -0.00583. The number of H-pyrrole nitrogens is 1. The highest BCUT2D eigenvalue weighted by atomic mass is 16.1. The molecule has 0 spiro atoms. The van der Waals surface area contributed by atoms with Gasteiger partial charge in [-0.05, 0) is 31.6 Å². The molecule has 2 rings (SSSR count). The number of nitrogens with zero attached hydrogens (tertiary/aromatic N) is 1. The van der Waals surface area contributed by atoms with E-state index < -0.39 is 0 Å². The van der Waals surface area contributed by atoms with Crippen molar-refractivity contribution in [3.8, 4) is 0 Å². The highest BCUT2D eigenvalue weighted by Crippen LogP contribution is 2.26. The van der Waals surface area contributed by atoms with E-state index in [1.54, 1.807) is 12.4 Å². The van der Waals surface area contributed by atoms with E-state index >= 15 is 0 Å². The normalized spacial score (nSPS) is 25.3. The molecule has 0 radical (unpaired) electrons. The summed E-state index contributed by atoms with van der Waals surface area (Å²) < 4.78 is 0. The molecule has 1 saturated carbocycles. The summed E-state index contributed by atoms with van der Waals surface area (Å²) >= 11 is 0. The maximum absolute atomic E-state index is 11.8. The second-order valence-electron chi connectivity index (χ2n) is 4.59. The second-order valence-corrected chi connectivity index (χ2v) is 4.59. The van der Waals surface area contributed by atoms with Crippen molar-refractivity contribution in [2.75, 3.05) is 0 Å². The quantitative estimate of drug-likeness (QED) is 0.821. The summed E-state index contributed by atoms with van der Waals surface area (Å²) in [7, 11) is 0. The molecule has 1 heterocycles. The summed E-state index contributed by atoms with van der Waals surface area (Å²) in [5, 5.41) is 9.50. The van der Waals surface area contributed by atoms with Crippen LogP contribution < -0.4 is 5.32 Å². The average molecular weight is 221 g/mol. The van der Waals surface area contributed by atoms with Gasteiger partial charge in [0.25, 0.3) is 5.91 Å². The van der Waals surface area contributed by atoms with E-state index in [2.05, 4.69) is 22.4 Å². The Hall–Kier alpha value is -1.32. The zero-order valence-electron chi connectivity index (χ0n) is 9.70. The fourth-order valence-corrected chi connectivity index (χ4v) is 2.36. The van der Waals surface area contributed by atoms with Crippen molar-refractivity contribution in [3.63, 3.8) is 0 Å². The van der Waals surface area contributed by atoms with Crippen molar-refractivity contribution in [1.82, 2.24) is 15.5 Å². The number of hydrogen-bond acceptors (Lipinski definition) is 2. The van der Waals surface area contributed by atoms with Gasteiger partial charge in [-0.25, -0.2) is 0 Å². The second kappa shape index (κ2) is 5.14. The van der Waals surface area contributed by atoms with Gasteiger partial charge in [-0.2, -0.15) is 5.10 Å². The predicted molar refractivity (Wildman–Crippen MR) is 62.1 cm³/mol. The Labute approximate surface area is 95.8 Å². The van der Waals surface area contributed by atoms with Crippen molar-refractivity contribution in [3.05, 3.63) is 18.0 Å². The van der Waals surface area contributed by atoms with Gasteiger partial charge in [-0.15, -0.1) is 0 Å². The standard InChI is InChI=1S/C12H19N3O/c1-2-9-3-5-11(6-4-9)15-12(16)10-7-13-14-8-10/h7-9,11H,2-6H2,1H3,(H,13,14)(H,15,16). The number of aromatic nitrogens is 2. The molecule has 88 valence electrons. The van der Waals surface area contributed by atoms with Gasteiger partial charge < -0.3 is 5.32 Å². The number of nitrogens with one attached hydrogen (secondary N) is 2. The Kier molecular flexibility index (Phi) is 3.59.